The molecule has 0 radical (unpaired) electrons. The van der Waals surface area contributed by atoms with Gasteiger partial charge in [-0.25, -0.2) is 9.78 Å². The molecule has 4 rings (SSSR count). The maximum Gasteiger partial charge on any atom is 0.330 e. The number of imidazole rings is 1. The van der Waals surface area contributed by atoms with Gasteiger partial charge in [-0.3, -0.25) is 14.3 Å². The van der Waals surface area contributed by atoms with E-state index in [-0.39, 0.29) is 17.7 Å². The van der Waals surface area contributed by atoms with E-state index < -0.39 is 17.4 Å². The second kappa shape index (κ2) is 7.81. The fourth-order valence-electron chi connectivity index (χ4n) is 3.28. The van der Waals surface area contributed by atoms with Gasteiger partial charge in [0.1, 0.15) is 17.3 Å². The van der Waals surface area contributed by atoms with Crippen LogP contribution in [-0.2, 0) is 13.6 Å². The summed E-state index contributed by atoms with van der Waals surface area (Å²) in [5.74, 6) is 1.74. The van der Waals surface area contributed by atoms with Crippen LogP contribution in [-0.4, -0.2) is 30.3 Å². The van der Waals surface area contributed by atoms with Gasteiger partial charge in [-0.2, -0.15) is 0 Å². The number of hydrogen-bond donors (Lipinski definition) is 2. The zero-order valence-corrected chi connectivity index (χ0v) is 17.1. The van der Waals surface area contributed by atoms with Crippen molar-refractivity contribution in [2.24, 2.45) is 7.05 Å². The number of nitrogens with zero attached hydrogens (tertiary/aromatic N) is 3. The summed E-state index contributed by atoms with van der Waals surface area (Å²) >= 11 is 5.98. The van der Waals surface area contributed by atoms with Gasteiger partial charge in [0, 0.05) is 17.6 Å². The molecular formula is C21H19ClN4O4. The van der Waals surface area contributed by atoms with Crippen molar-refractivity contribution in [2.45, 2.75) is 19.6 Å². The molecule has 0 aliphatic carbocycles. The van der Waals surface area contributed by atoms with Crippen LogP contribution in [0.15, 0.2) is 58.1 Å². The van der Waals surface area contributed by atoms with Crippen LogP contribution in [0.2, 0.25) is 5.02 Å². The molecule has 0 saturated heterocycles. The molecule has 0 aliphatic rings. The third-order valence-electron chi connectivity index (χ3n) is 4.60. The molecule has 0 spiro atoms. The first kappa shape index (κ1) is 19.9. The molecule has 0 aliphatic heterocycles. The Morgan fingerprint density at radius 1 is 1.17 bits per heavy atom. The van der Waals surface area contributed by atoms with Gasteiger partial charge in [0.15, 0.2) is 11.2 Å². The lowest BCUT2D eigenvalue weighted by atomic mass is 10.2. The monoisotopic (exact) mass is 426 g/mol. The molecule has 2 aromatic heterocycles. The van der Waals surface area contributed by atoms with Crippen molar-refractivity contribution in [1.82, 2.24) is 19.1 Å². The first-order chi connectivity index (χ1) is 14.3. The molecule has 30 heavy (non-hydrogen) atoms. The van der Waals surface area contributed by atoms with Crippen molar-refractivity contribution >= 4 is 22.8 Å². The van der Waals surface area contributed by atoms with Crippen LogP contribution >= 0.6 is 11.6 Å². The number of aliphatic hydroxyl groups is 1. The molecule has 154 valence electrons. The van der Waals surface area contributed by atoms with Crippen LogP contribution in [0.3, 0.4) is 0 Å². The van der Waals surface area contributed by atoms with Gasteiger partial charge in [-0.15, -0.1) is 0 Å². The second-order valence-corrected chi connectivity index (χ2v) is 7.41. The van der Waals surface area contributed by atoms with E-state index in [1.165, 1.54) is 4.57 Å². The summed E-state index contributed by atoms with van der Waals surface area (Å²) in [6, 6.07) is 14.3. The zero-order chi connectivity index (χ0) is 21.4. The van der Waals surface area contributed by atoms with Gasteiger partial charge in [0.2, 0.25) is 0 Å². The summed E-state index contributed by atoms with van der Waals surface area (Å²) in [5.41, 5.74) is 0.0795. The normalized spacial score (nSPS) is 12.3. The van der Waals surface area contributed by atoms with E-state index >= 15 is 0 Å². The molecule has 4 aromatic rings. The largest absolute Gasteiger partial charge is 0.457 e. The molecule has 2 N–H and O–H groups in total. The maximum atomic E-state index is 12.4. The van der Waals surface area contributed by atoms with Crippen LogP contribution in [0.5, 0.6) is 11.5 Å². The molecule has 2 aromatic carbocycles. The molecule has 0 fully saturated rings. The van der Waals surface area contributed by atoms with Crippen molar-refractivity contribution in [3.8, 4) is 22.9 Å². The summed E-state index contributed by atoms with van der Waals surface area (Å²) in [5, 5.41) is 10.3. The van der Waals surface area contributed by atoms with E-state index in [0.29, 0.717) is 22.3 Å². The smallest absolute Gasteiger partial charge is 0.330 e. The summed E-state index contributed by atoms with van der Waals surface area (Å²) in [4.78, 5) is 31.4. The number of nitrogens with one attached hydrogen (secondary N) is 1. The maximum absolute atomic E-state index is 12.4. The number of hydrogen-bond acceptors (Lipinski definition) is 5. The standard InChI is InChI=1S/C21H19ClN4O4/c1-12(27)11-26-19-17(20(28)24-21(26)29)25(2)18(23-19)13-6-8-15(9-7-13)30-16-5-3-4-14(22)10-16/h3-10,12,27H,11H2,1-2H3,(H,24,28,29). The van der Waals surface area contributed by atoms with Crippen LogP contribution in [0, 0.1) is 0 Å². The third kappa shape index (κ3) is 3.74. The lowest BCUT2D eigenvalue weighted by molar-refractivity contribution is 0.173. The molecular weight excluding hydrogens is 408 g/mol. The lowest BCUT2D eigenvalue weighted by Crippen LogP contribution is -2.33. The summed E-state index contributed by atoms with van der Waals surface area (Å²) in [6.45, 7) is 1.58. The highest BCUT2D eigenvalue weighted by molar-refractivity contribution is 6.30. The number of aryl methyl sites for hydroxylation is 1. The van der Waals surface area contributed by atoms with Gasteiger partial charge in [0.25, 0.3) is 5.56 Å². The Balaban J connectivity index is 1.74. The predicted octanol–water partition coefficient (Wildman–Crippen LogP) is 2.92. The first-order valence-electron chi connectivity index (χ1n) is 9.25. The summed E-state index contributed by atoms with van der Waals surface area (Å²) in [6.07, 6.45) is -0.773. The van der Waals surface area contributed by atoms with Crippen molar-refractivity contribution in [3.05, 3.63) is 74.4 Å². The SMILES string of the molecule is CC(O)Cn1c(=O)[nH]c(=O)c2c1nc(-c1ccc(Oc3cccc(Cl)c3)cc1)n2C. The fraction of sp³-hybridized carbons (Fsp3) is 0.190. The molecule has 1 unspecified atom stereocenters. The second-order valence-electron chi connectivity index (χ2n) is 6.97. The molecule has 0 amide bonds. The Hall–Kier alpha value is -3.36. The minimum absolute atomic E-state index is 0.0228. The van der Waals surface area contributed by atoms with Crippen molar-refractivity contribution in [2.75, 3.05) is 0 Å². The molecule has 8 nitrogen and oxygen atoms in total. The number of rotatable bonds is 5. The number of H-pyrrole nitrogens is 1. The minimum Gasteiger partial charge on any atom is -0.457 e. The predicted molar refractivity (Wildman–Crippen MR) is 114 cm³/mol. The van der Waals surface area contributed by atoms with Crippen molar-refractivity contribution in [1.29, 1.82) is 0 Å². The quantitative estimate of drug-likeness (QED) is 0.511. The average molecular weight is 427 g/mol. The van der Waals surface area contributed by atoms with E-state index in [4.69, 9.17) is 16.3 Å². The molecule has 0 bridgehead atoms. The molecule has 9 heteroatoms. The Kier molecular flexibility index (Phi) is 5.19. The Morgan fingerprint density at radius 3 is 2.57 bits per heavy atom. The van der Waals surface area contributed by atoms with E-state index in [2.05, 4.69) is 9.97 Å². The number of aromatic nitrogens is 4. The van der Waals surface area contributed by atoms with E-state index in [9.17, 15) is 14.7 Å². The number of fused-ring (bicyclic) bond motifs is 1. The number of halogens is 1. The minimum atomic E-state index is -0.773. The highest BCUT2D eigenvalue weighted by atomic mass is 35.5. The van der Waals surface area contributed by atoms with Crippen molar-refractivity contribution in [3.63, 3.8) is 0 Å². The Morgan fingerprint density at radius 2 is 1.90 bits per heavy atom. The highest BCUT2D eigenvalue weighted by Crippen LogP contribution is 2.27. The Labute approximate surface area is 176 Å². The summed E-state index contributed by atoms with van der Waals surface area (Å²) in [7, 11) is 1.70. The van der Waals surface area contributed by atoms with Crippen LogP contribution in [0.25, 0.3) is 22.6 Å². The number of benzene rings is 2. The van der Waals surface area contributed by atoms with Crippen LogP contribution in [0.1, 0.15) is 6.92 Å². The van der Waals surface area contributed by atoms with E-state index in [0.717, 1.165) is 5.56 Å². The van der Waals surface area contributed by atoms with Crippen molar-refractivity contribution < 1.29 is 9.84 Å². The van der Waals surface area contributed by atoms with E-state index in [1.54, 1.807) is 54.9 Å². The van der Waals surface area contributed by atoms with Crippen LogP contribution in [0.4, 0.5) is 0 Å². The summed E-state index contributed by atoms with van der Waals surface area (Å²) < 4.78 is 8.69. The number of ether oxygens (including phenoxy) is 1. The van der Waals surface area contributed by atoms with Crippen LogP contribution < -0.4 is 16.0 Å². The third-order valence-corrected chi connectivity index (χ3v) is 4.84. The fourth-order valence-corrected chi connectivity index (χ4v) is 3.46. The van der Waals surface area contributed by atoms with Gasteiger partial charge >= 0.3 is 5.69 Å². The topological polar surface area (TPSA) is 102 Å². The average Bonchev–Trinajstić information content (AvgIpc) is 3.03. The number of aliphatic hydroxyl groups excluding tert-OH is 1. The first-order valence-corrected chi connectivity index (χ1v) is 9.63. The molecule has 0 saturated carbocycles. The molecule has 1 atom stereocenters. The highest BCUT2D eigenvalue weighted by Gasteiger charge is 2.18. The van der Waals surface area contributed by atoms with Gasteiger partial charge in [0.05, 0.1) is 12.6 Å². The Bertz CT molecular complexity index is 1340. The van der Waals surface area contributed by atoms with Gasteiger partial charge in [-0.05, 0) is 49.4 Å². The number of aromatic amines is 1. The van der Waals surface area contributed by atoms with E-state index in [1.807, 2.05) is 12.1 Å². The zero-order valence-electron chi connectivity index (χ0n) is 16.3. The lowest BCUT2D eigenvalue weighted by Gasteiger charge is -2.07. The van der Waals surface area contributed by atoms with Gasteiger partial charge < -0.3 is 14.4 Å². The van der Waals surface area contributed by atoms with Gasteiger partial charge in [-0.1, -0.05) is 17.7 Å². The molecule has 2 heterocycles.